The van der Waals surface area contributed by atoms with Gasteiger partial charge in [0.2, 0.25) is 0 Å². The maximum Gasteiger partial charge on any atom is 0.303 e. The van der Waals surface area contributed by atoms with Gasteiger partial charge in [0.1, 0.15) is 18.1 Å². The lowest BCUT2D eigenvalue weighted by Gasteiger charge is -2.43. The van der Waals surface area contributed by atoms with Crippen LogP contribution in [0, 0.1) is 0 Å². The first kappa shape index (κ1) is 21.2. The second-order valence-electron chi connectivity index (χ2n) is 5.30. The molecule has 0 N–H and O–H groups in total. The fourth-order valence-corrected chi connectivity index (χ4v) is 3.11. The maximum absolute atomic E-state index is 11.5. The lowest BCUT2D eigenvalue weighted by molar-refractivity contribution is -0.237. The van der Waals surface area contributed by atoms with Gasteiger partial charge in [-0.3, -0.25) is 19.2 Å². The van der Waals surface area contributed by atoms with Gasteiger partial charge in [0.05, 0.1) is 0 Å². The van der Waals surface area contributed by atoms with E-state index in [9.17, 15) is 19.2 Å². The molecule has 10 heteroatoms. The monoisotopic (exact) mass is 378 g/mol. The zero-order chi connectivity index (χ0) is 19.1. The number of rotatable bonds is 6. The summed E-state index contributed by atoms with van der Waals surface area (Å²) in [5.74, 6) is -2.45. The Hall–Kier alpha value is -1.81. The van der Waals surface area contributed by atoms with Crippen LogP contribution in [0.3, 0.4) is 0 Å². The average Bonchev–Trinajstić information content (AvgIpc) is 2.48. The fraction of sp³-hybridized carbons (Fsp3) is 0.733. The highest BCUT2D eigenvalue weighted by Gasteiger charge is 2.51. The van der Waals surface area contributed by atoms with Gasteiger partial charge < -0.3 is 23.7 Å². The van der Waals surface area contributed by atoms with Gasteiger partial charge in [-0.15, -0.1) is 11.8 Å². The fourth-order valence-electron chi connectivity index (χ4n) is 2.38. The SMILES string of the molecule is CS[C@@H]1OC(COC(C)=O)[C@@H](OC(C)=O)[C@H](OC(C)=O)C1OC(C)=O. The van der Waals surface area contributed by atoms with Crippen molar-refractivity contribution in [3.63, 3.8) is 0 Å². The normalized spacial score (nSPS) is 28.6. The summed E-state index contributed by atoms with van der Waals surface area (Å²) in [6.07, 6.45) is -2.37. The standard InChI is InChI=1S/C15H22O9S/c1-7(16)20-6-11-12(21-8(2)17)13(22-9(3)18)14(23-10(4)19)15(24-11)25-5/h11-15H,6H2,1-5H3/t11?,12-,13+,14?,15+/m1/s1. The number of ether oxygens (including phenoxy) is 5. The molecule has 142 valence electrons. The number of carbonyl (C=O) groups is 4. The molecule has 0 aromatic heterocycles. The zero-order valence-corrected chi connectivity index (χ0v) is 15.5. The molecule has 1 rings (SSSR count). The van der Waals surface area contributed by atoms with Crippen molar-refractivity contribution in [2.75, 3.05) is 12.9 Å². The van der Waals surface area contributed by atoms with Crippen molar-refractivity contribution >= 4 is 35.6 Å². The van der Waals surface area contributed by atoms with E-state index in [0.717, 1.165) is 0 Å². The molecule has 0 spiro atoms. The maximum atomic E-state index is 11.5. The summed E-state index contributed by atoms with van der Waals surface area (Å²) in [7, 11) is 0. The number of thioether (sulfide) groups is 1. The highest BCUT2D eigenvalue weighted by atomic mass is 32.2. The van der Waals surface area contributed by atoms with Crippen LogP contribution in [0.2, 0.25) is 0 Å². The Morgan fingerprint density at radius 3 is 1.72 bits per heavy atom. The minimum absolute atomic E-state index is 0.213. The second kappa shape index (κ2) is 9.62. The molecule has 1 heterocycles. The Morgan fingerprint density at radius 2 is 1.28 bits per heavy atom. The van der Waals surface area contributed by atoms with Gasteiger partial charge in [-0.2, -0.15) is 0 Å². The van der Waals surface area contributed by atoms with Crippen LogP contribution in [0.4, 0.5) is 0 Å². The van der Waals surface area contributed by atoms with Gasteiger partial charge in [0, 0.05) is 27.7 Å². The van der Waals surface area contributed by atoms with Gasteiger partial charge in [-0.05, 0) is 6.26 Å². The third-order valence-electron chi connectivity index (χ3n) is 3.18. The van der Waals surface area contributed by atoms with Gasteiger partial charge in [0.15, 0.2) is 18.3 Å². The highest BCUT2D eigenvalue weighted by Crippen LogP contribution is 2.33. The lowest BCUT2D eigenvalue weighted by Crippen LogP contribution is -2.61. The first-order valence-corrected chi connectivity index (χ1v) is 8.77. The lowest BCUT2D eigenvalue weighted by atomic mass is 9.99. The van der Waals surface area contributed by atoms with Crippen molar-refractivity contribution in [2.45, 2.75) is 57.5 Å². The molecule has 0 aromatic carbocycles. The van der Waals surface area contributed by atoms with E-state index in [4.69, 9.17) is 23.7 Å². The summed E-state index contributed by atoms with van der Waals surface area (Å²) in [4.78, 5) is 45.5. The molecular weight excluding hydrogens is 356 g/mol. The second-order valence-corrected chi connectivity index (χ2v) is 6.24. The predicted molar refractivity (Wildman–Crippen MR) is 85.5 cm³/mol. The Labute approximate surface area is 149 Å². The Balaban J connectivity index is 3.18. The average molecular weight is 378 g/mol. The quantitative estimate of drug-likeness (QED) is 0.476. The molecule has 2 unspecified atom stereocenters. The summed E-state index contributed by atoms with van der Waals surface area (Å²) in [6.45, 7) is 4.57. The number of hydrogen-bond acceptors (Lipinski definition) is 10. The molecule has 25 heavy (non-hydrogen) atoms. The van der Waals surface area contributed by atoms with E-state index in [-0.39, 0.29) is 6.61 Å². The van der Waals surface area contributed by atoms with Crippen LogP contribution in [0.15, 0.2) is 0 Å². The summed E-state index contributed by atoms with van der Waals surface area (Å²) < 4.78 is 26.4. The van der Waals surface area contributed by atoms with Crippen LogP contribution in [-0.2, 0) is 42.9 Å². The molecule has 1 aliphatic heterocycles. The Kier molecular flexibility index (Phi) is 8.17. The minimum Gasteiger partial charge on any atom is -0.463 e. The van der Waals surface area contributed by atoms with Crippen LogP contribution in [0.5, 0.6) is 0 Å². The number of carbonyl (C=O) groups excluding carboxylic acids is 4. The Bertz CT molecular complexity index is 521. The van der Waals surface area contributed by atoms with Crippen molar-refractivity contribution in [1.82, 2.24) is 0 Å². The molecule has 9 nitrogen and oxygen atoms in total. The van der Waals surface area contributed by atoms with E-state index in [1.54, 1.807) is 6.26 Å². The molecule has 0 amide bonds. The molecule has 0 bridgehead atoms. The third-order valence-corrected chi connectivity index (χ3v) is 4.02. The smallest absolute Gasteiger partial charge is 0.303 e. The highest BCUT2D eigenvalue weighted by molar-refractivity contribution is 7.99. The van der Waals surface area contributed by atoms with Gasteiger partial charge in [0.25, 0.3) is 0 Å². The predicted octanol–water partition coefficient (Wildman–Crippen LogP) is 0.432. The largest absolute Gasteiger partial charge is 0.463 e. The van der Waals surface area contributed by atoms with Crippen LogP contribution in [0.25, 0.3) is 0 Å². The van der Waals surface area contributed by atoms with E-state index in [0.29, 0.717) is 0 Å². The van der Waals surface area contributed by atoms with Crippen molar-refractivity contribution in [1.29, 1.82) is 0 Å². The van der Waals surface area contributed by atoms with Crippen molar-refractivity contribution < 1.29 is 42.9 Å². The summed E-state index contributed by atoms with van der Waals surface area (Å²) in [6, 6.07) is 0. The first-order valence-electron chi connectivity index (χ1n) is 7.49. The van der Waals surface area contributed by atoms with Crippen molar-refractivity contribution in [3.05, 3.63) is 0 Å². The Morgan fingerprint density at radius 1 is 0.800 bits per heavy atom. The zero-order valence-electron chi connectivity index (χ0n) is 14.7. The van der Waals surface area contributed by atoms with Crippen molar-refractivity contribution in [2.24, 2.45) is 0 Å². The van der Waals surface area contributed by atoms with Crippen LogP contribution in [-0.4, -0.2) is 66.6 Å². The van der Waals surface area contributed by atoms with E-state index in [1.807, 2.05) is 0 Å². The van der Waals surface area contributed by atoms with E-state index < -0.39 is 53.7 Å². The summed E-state index contributed by atoms with van der Waals surface area (Å²) in [5, 5.41) is 0. The minimum atomic E-state index is -1.10. The molecule has 0 aliphatic carbocycles. The first-order chi connectivity index (χ1) is 11.6. The van der Waals surface area contributed by atoms with Crippen LogP contribution >= 0.6 is 11.8 Å². The molecule has 0 radical (unpaired) electrons. The molecule has 1 aliphatic rings. The molecule has 0 saturated carbocycles. The molecule has 0 aromatic rings. The summed E-state index contributed by atoms with van der Waals surface area (Å²) in [5.41, 5.74) is -0.708. The van der Waals surface area contributed by atoms with Gasteiger partial charge >= 0.3 is 23.9 Å². The van der Waals surface area contributed by atoms with E-state index >= 15 is 0 Å². The van der Waals surface area contributed by atoms with E-state index in [2.05, 4.69) is 0 Å². The van der Waals surface area contributed by atoms with Crippen molar-refractivity contribution in [3.8, 4) is 0 Å². The van der Waals surface area contributed by atoms with Crippen LogP contribution < -0.4 is 0 Å². The number of esters is 4. The van der Waals surface area contributed by atoms with Gasteiger partial charge in [-0.1, -0.05) is 0 Å². The molecule has 5 atom stereocenters. The molecule has 1 saturated heterocycles. The molecular formula is C15H22O9S. The van der Waals surface area contributed by atoms with Crippen LogP contribution in [0.1, 0.15) is 27.7 Å². The molecule has 1 fully saturated rings. The third kappa shape index (κ3) is 6.54. The summed E-state index contributed by atoms with van der Waals surface area (Å²) >= 11 is 1.21. The van der Waals surface area contributed by atoms with Gasteiger partial charge in [-0.25, -0.2) is 0 Å². The van der Waals surface area contributed by atoms with E-state index in [1.165, 1.54) is 39.5 Å². The number of hydrogen-bond donors (Lipinski definition) is 0. The topological polar surface area (TPSA) is 114 Å².